The van der Waals surface area contributed by atoms with Crippen molar-refractivity contribution in [1.82, 2.24) is 5.32 Å². The van der Waals surface area contributed by atoms with Gasteiger partial charge in [-0.2, -0.15) is 5.26 Å². The number of aromatic hydroxyl groups is 1. The number of carbonyl (C=O) groups excluding carboxylic acids is 1. The fraction of sp³-hybridized carbons (Fsp3) is 0.111. The van der Waals surface area contributed by atoms with Crippen molar-refractivity contribution in [2.24, 2.45) is 0 Å². The first kappa shape index (κ1) is 17.7. The van der Waals surface area contributed by atoms with E-state index in [9.17, 15) is 25.3 Å². The molecule has 0 aromatic heterocycles. The average molecular weight is 337 g/mol. The molecule has 7 nitrogen and oxygen atoms in total. The van der Waals surface area contributed by atoms with Crippen molar-refractivity contribution < 1.29 is 14.8 Å². The van der Waals surface area contributed by atoms with Crippen LogP contribution in [0.15, 0.2) is 54.1 Å². The Morgan fingerprint density at radius 1 is 1.32 bits per heavy atom. The fourth-order valence-electron chi connectivity index (χ4n) is 2.20. The van der Waals surface area contributed by atoms with Gasteiger partial charge in [0.05, 0.1) is 11.0 Å². The van der Waals surface area contributed by atoms with Gasteiger partial charge in [-0.25, -0.2) is 0 Å². The quantitative estimate of drug-likeness (QED) is 0.376. The summed E-state index contributed by atoms with van der Waals surface area (Å²) in [6.07, 6.45) is 1.26. The Hall–Kier alpha value is -3.66. The molecule has 2 aromatic rings. The van der Waals surface area contributed by atoms with Crippen molar-refractivity contribution in [3.8, 4) is 11.8 Å². The minimum atomic E-state index is -0.720. The summed E-state index contributed by atoms with van der Waals surface area (Å²) >= 11 is 0. The van der Waals surface area contributed by atoms with E-state index in [0.29, 0.717) is 5.56 Å². The monoisotopic (exact) mass is 337 g/mol. The van der Waals surface area contributed by atoms with Crippen LogP contribution < -0.4 is 5.32 Å². The van der Waals surface area contributed by atoms with E-state index in [1.807, 2.05) is 30.3 Å². The zero-order chi connectivity index (χ0) is 18.4. The molecule has 2 rings (SSSR count). The van der Waals surface area contributed by atoms with E-state index < -0.39 is 22.3 Å². The van der Waals surface area contributed by atoms with E-state index in [4.69, 9.17) is 0 Å². The minimum Gasteiger partial charge on any atom is -0.502 e. The fourth-order valence-corrected chi connectivity index (χ4v) is 2.20. The van der Waals surface area contributed by atoms with Crippen LogP contribution in [-0.4, -0.2) is 15.9 Å². The molecular weight excluding hydrogens is 322 g/mol. The molecule has 126 valence electrons. The van der Waals surface area contributed by atoms with E-state index in [2.05, 4.69) is 5.32 Å². The van der Waals surface area contributed by atoms with Crippen LogP contribution in [0, 0.1) is 21.4 Å². The largest absolute Gasteiger partial charge is 0.502 e. The maximum atomic E-state index is 12.2. The lowest BCUT2D eigenvalue weighted by Crippen LogP contribution is -2.27. The number of phenolic OH excluding ortho intramolecular Hbond substituents is 1. The molecular formula is C18H15N3O4. The highest BCUT2D eigenvalue weighted by molar-refractivity contribution is 6.01. The molecule has 0 aliphatic rings. The summed E-state index contributed by atoms with van der Waals surface area (Å²) < 4.78 is 0. The van der Waals surface area contributed by atoms with Gasteiger partial charge in [-0.3, -0.25) is 14.9 Å². The molecule has 0 unspecified atom stereocenters. The number of amides is 1. The predicted molar refractivity (Wildman–Crippen MR) is 91.4 cm³/mol. The number of rotatable bonds is 5. The molecule has 0 fully saturated rings. The Bertz CT molecular complexity index is 870. The Morgan fingerprint density at radius 3 is 2.56 bits per heavy atom. The summed E-state index contributed by atoms with van der Waals surface area (Å²) in [5, 5.41) is 32.2. The molecule has 7 heteroatoms. The van der Waals surface area contributed by atoms with Gasteiger partial charge in [0.1, 0.15) is 11.6 Å². The first-order valence-electron chi connectivity index (χ1n) is 7.37. The van der Waals surface area contributed by atoms with Crippen molar-refractivity contribution in [3.63, 3.8) is 0 Å². The second kappa shape index (κ2) is 7.75. The van der Waals surface area contributed by atoms with Crippen molar-refractivity contribution in [3.05, 3.63) is 75.3 Å². The molecule has 0 aliphatic carbocycles. The van der Waals surface area contributed by atoms with Crippen LogP contribution in [0.4, 0.5) is 5.69 Å². The Morgan fingerprint density at radius 2 is 2.00 bits per heavy atom. The van der Waals surface area contributed by atoms with E-state index in [1.54, 1.807) is 13.0 Å². The number of phenols is 1. The number of nitro groups is 1. The van der Waals surface area contributed by atoms with Gasteiger partial charge < -0.3 is 10.4 Å². The van der Waals surface area contributed by atoms with Crippen molar-refractivity contribution in [1.29, 1.82) is 5.26 Å². The number of hydrogen-bond donors (Lipinski definition) is 2. The zero-order valence-electron chi connectivity index (χ0n) is 13.3. The van der Waals surface area contributed by atoms with E-state index >= 15 is 0 Å². The smallest absolute Gasteiger partial charge is 0.310 e. The number of benzene rings is 2. The third kappa shape index (κ3) is 4.42. The second-order valence-electron chi connectivity index (χ2n) is 5.28. The van der Waals surface area contributed by atoms with Gasteiger partial charge in [0.25, 0.3) is 5.91 Å². The predicted octanol–water partition coefficient (Wildman–Crippen LogP) is 3.08. The standard InChI is InChI=1S/C18H15N3O4/c1-12(14-5-3-2-4-6-14)20-18(23)15(11-19)9-13-7-8-16(21(24)25)17(22)10-13/h2-10,12,22H,1H3,(H,20,23)/t12-/m0/s1. The summed E-state index contributed by atoms with van der Waals surface area (Å²) in [6, 6.07) is 14.4. The van der Waals surface area contributed by atoms with Gasteiger partial charge in [0.2, 0.25) is 0 Å². The van der Waals surface area contributed by atoms with Gasteiger partial charge in [0, 0.05) is 6.07 Å². The van der Waals surface area contributed by atoms with Crippen LogP contribution in [0.25, 0.3) is 6.08 Å². The first-order chi connectivity index (χ1) is 11.9. The summed E-state index contributed by atoms with van der Waals surface area (Å²) in [7, 11) is 0. The van der Waals surface area contributed by atoms with Crippen LogP contribution in [0.1, 0.15) is 24.1 Å². The van der Waals surface area contributed by atoms with Crippen LogP contribution in [0.5, 0.6) is 5.75 Å². The highest BCUT2D eigenvalue weighted by atomic mass is 16.6. The maximum absolute atomic E-state index is 12.2. The normalized spacial score (nSPS) is 12.1. The lowest BCUT2D eigenvalue weighted by Gasteiger charge is -2.13. The van der Waals surface area contributed by atoms with Crippen molar-refractivity contribution >= 4 is 17.7 Å². The summed E-state index contributed by atoms with van der Waals surface area (Å²) in [5.41, 5.74) is 0.581. The van der Waals surface area contributed by atoms with E-state index in [-0.39, 0.29) is 11.6 Å². The molecule has 0 heterocycles. The Labute approximate surface area is 144 Å². The molecule has 25 heavy (non-hydrogen) atoms. The molecule has 1 atom stereocenters. The number of carbonyl (C=O) groups is 1. The van der Waals surface area contributed by atoms with Gasteiger partial charge >= 0.3 is 5.69 Å². The molecule has 0 saturated heterocycles. The Kier molecular flexibility index (Phi) is 5.48. The molecule has 0 radical (unpaired) electrons. The third-order valence-electron chi connectivity index (χ3n) is 3.52. The number of nitriles is 1. The lowest BCUT2D eigenvalue weighted by atomic mass is 10.1. The number of hydrogen-bond acceptors (Lipinski definition) is 5. The molecule has 2 N–H and O–H groups in total. The molecule has 2 aromatic carbocycles. The van der Waals surface area contributed by atoms with Crippen molar-refractivity contribution in [2.45, 2.75) is 13.0 Å². The molecule has 0 spiro atoms. The maximum Gasteiger partial charge on any atom is 0.310 e. The highest BCUT2D eigenvalue weighted by Crippen LogP contribution is 2.27. The Balaban J connectivity index is 2.20. The summed E-state index contributed by atoms with van der Waals surface area (Å²) in [6.45, 7) is 1.79. The topological polar surface area (TPSA) is 116 Å². The summed E-state index contributed by atoms with van der Waals surface area (Å²) in [4.78, 5) is 22.2. The van der Waals surface area contributed by atoms with Gasteiger partial charge in [-0.1, -0.05) is 30.3 Å². The van der Waals surface area contributed by atoms with Crippen LogP contribution in [0.2, 0.25) is 0 Å². The number of nitrogens with zero attached hydrogens (tertiary/aromatic N) is 2. The van der Waals surface area contributed by atoms with Crippen LogP contribution in [0.3, 0.4) is 0 Å². The van der Waals surface area contributed by atoms with Gasteiger partial charge in [-0.05, 0) is 36.3 Å². The third-order valence-corrected chi connectivity index (χ3v) is 3.52. The van der Waals surface area contributed by atoms with Gasteiger partial charge in [0.15, 0.2) is 5.75 Å². The van der Waals surface area contributed by atoms with Crippen molar-refractivity contribution in [2.75, 3.05) is 0 Å². The second-order valence-corrected chi connectivity index (χ2v) is 5.28. The zero-order valence-corrected chi connectivity index (χ0v) is 13.3. The SMILES string of the molecule is C[C@H](NC(=O)C(C#N)=Cc1ccc([N+](=O)[O-])c(O)c1)c1ccccc1. The first-order valence-corrected chi connectivity index (χ1v) is 7.37. The average Bonchev–Trinajstić information content (AvgIpc) is 2.60. The highest BCUT2D eigenvalue weighted by Gasteiger charge is 2.16. The van der Waals surface area contributed by atoms with Gasteiger partial charge in [-0.15, -0.1) is 0 Å². The molecule has 0 bridgehead atoms. The number of nitro benzene ring substituents is 1. The van der Waals surface area contributed by atoms with E-state index in [1.165, 1.54) is 12.1 Å². The van der Waals surface area contributed by atoms with Crippen LogP contribution in [-0.2, 0) is 4.79 Å². The van der Waals surface area contributed by atoms with E-state index in [0.717, 1.165) is 17.7 Å². The minimum absolute atomic E-state index is 0.170. The molecule has 0 saturated carbocycles. The summed E-state index contributed by atoms with van der Waals surface area (Å²) in [5.74, 6) is -1.11. The molecule has 1 amide bonds. The van der Waals surface area contributed by atoms with Crippen LogP contribution >= 0.6 is 0 Å². The molecule has 0 aliphatic heterocycles. The number of nitrogens with one attached hydrogen (secondary N) is 1. The lowest BCUT2D eigenvalue weighted by molar-refractivity contribution is -0.385.